The molecule has 0 aromatic heterocycles. The maximum Gasteiger partial charge on any atom is 0.306 e. The lowest BCUT2D eigenvalue weighted by Gasteiger charge is -2.42. The van der Waals surface area contributed by atoms with E-state index in [0.717, 1.165) is 96.3 Å². The lowest BCUT2D eigenvalue weighted by molar-refractivity contribution is -0.332. The van der Waals surface area contributed by atoms with Gasteiger partial charge in [-0.1, -0.05) is 156 Å². The molecule has 11 atom stereocenters. The van der Waals surface area contributed by atoms with Crippen molar-refractivity contribution in [1.29, 1.82) is 0 Å². The van der Waals surface area contributed by atoms with Crippen molar-refractivity contribution in [3.05, 3.63) is 97.2 Å². The Balaban J connectivity index is 1.78. The van der Waals surface area contributed by atoms with Crippen molar-refractivity contribution in [2.24, 2.45) is 0 Å². The summed E-state index contributed by atoms with van der Waals surface area (Å²) in [4.78, 5) is 13.0. The monoisotopic (exact) mass is 1000 g/mol. The number of hydrogen-bond donors (Lipinski definition) is 7. The van der Waals surface area contributed by atoms with Gasteiger partial charge in [-0.05, 0) is 89.9 Å². The molecule has 11 unspecified atom stereocenters. The molecule has 2 aliphatic heterocycles. The third-order valence-corrected chi connectivity index (χ3v) is 12.1. The second-order valence-corrected chi connectivity index (χ2v) is 18.3. The van der Waals surface area contributed by atoms with Crippen molar-refractivity contribution in [3.8, 4) is 0 Å². The molecular weight excluding hydrogens is 909 g/mol. The van der Waals surface area contributed by atoms with Gasteiger partial charge in [0.15, 0.2) is 12.6 Å². The Morgan fingerprint density at radius 2 is 0.873 bits per heavy atom. The number of unbranched alkanes of at least 4 members (excludes halogenated alkanes) is 11. The summed E-state index contributed by atoms with van der Waals surface area (Å²) in [5, 5.41) is 72.2. The van der Waals surface area contributed by atoms with Crippen molar-refractivity contribution in [2.45, 2.75) is 223 Å². The van der Waals surface area contributed by atoms with Gasteiger partial charge in [0, 0.05) is 13.0 Å². The smallest absolute Gasteiger partial charge is 0.306 e. The topological polar surface area (TPSA) is 214 Å². The van der Waals surface area contributed by atoms with E-state index in [0.29, 0.717) is 13.0 Å². The number of allylic oxidation sites excluding steroid dienone is 16. The maximum absolute atomic E-state index is 13.0. The highest BCUT2D eigenvalue weighted by molar-refractivity contribution is 5.69. The van der Waals surface area contributed by atoms with E-state index in [1.165, 1.54) is 32.1 Å². The second kappa shape index (κ2) is 43.3. The maximum atomic E-state index is 13.0. The summed E-state index contributed by atoms with van der Waals surface area (Å²) in [5.74, 6) is -0.414. The molecule has 2 rings (SSSR count). The molecule has 0 bridgehead atoms. The van der Waals surface area contributed by atoms with Crippen LogP contribution in [0.1, 0.15) is 155 Å². The molecule has 2 aliphatic rings. The SMILES string of the molecule is CC/C=C\C/C=C\C/C=C\C/C=C\C/C=C\CCCCCC(=O)OC(COCCCCCCCCCC/C=C\C/C=C\C/C=C\CC)COC1OC(COC2OC(CO)C(O)C(O)C2O)C(O)C(O)C1O. The summed E-state index contributed by atoms with van der Waals surface area (Å²) in [7, 11) is 0. The summed E-state index contributed by atoms with van der Waals surface area (Å²) in [6.45, 7) is 3.38. The number of esters is 1. The van der Waals surface area contributed by atoms with Gasteiger partial charge in [-0.25, -0.2) is 0 Å². The summed E-state index contributed by atoms with van der Waals surface area (Å²) in [6.07, 6.45) is 40.3. The van der Waals surface area contributed by atoms with Crippen LogP contribution in [0.5, 0.6) is 0 Å². The normalized spacial score (nSPS) is 26.1. The lowest BCUT2D eigenvalue weighted by atomic mass is 9.98. The van der Waals surface area contributed by atoms with Crippen molar-refractivity contribution >= 4 is 5.97 Å². The Labute approximate surface area is 426 Å². The molecule has 0 spiro atoms. The zero-order valence-corrected chi connectivity index (χ0v) is 43.2. The highest BCUT2D eigenvalue weighted by Crippen LogP contribution is 2.26. The van der Waals surface area contributed by atoms with Crippen LogP contribution in [0.15, 0.2) is 97.2 Å². The molecule has 0 aliphatic carbocycles. The number of aliphatic hydroxyl groups excluding tert-OH is 7. The van der Waals surface area contributed by atoms with E-state index in [4.69, 9.17) is 28.4 Å². The fourth-order valence-corrected chi connectivity index (χ4v) is 7.80. The van der Waals surface area contributed by atoms with Gasteiger partial charge in [0.05, 0.1) is 26.4 Å². The Kier molecular flexibility index (Phi) is 39.1. The van der Waals surface area contributed by atoms with Gasteiger partial charge in [0.1, 0.15) is 54.9 Å². The number of rotatable bonds is 41. The molecule has 2 fully saturated rings. The number of hydrogen-bond acceptors (Lipinski definition) is 14. The Hall–Kier alpha value is -3.09. The summed E-state index contributed by atoms with van der Waals surface area (Å²) in [5.41, 5.74) is 0. The molecule has 406 valence electrons. The molecule has 0 amide bonds. The fourth-order valence-electron chi connectivity index (χ4n) is 7.80. The Morgan fingerprint density at radius 3 is 1.37 bits per heavy atom. The summed E-state index contributed by atoms with van der Waals surface area (Å²) < 4.78 is 34.3. The Bertz CT molecular complexity index is 1540. The standard InChI is InChI=1S/C57H94O14/c1-3-5-7-9-11-13-15-17-19-21-23-24-26-28-30-32-34-36-38-40-49(59)69-46(43-66-41-39-37-35-33-31-29-27-25-22-20-18-16-14-12-10-8-6-4-2)44-67-56-55(65)53(63)51(61)48(71-56)45-68-57-54(64)52(62)50(60)47(42-58)70-57/h5-8,11-14,17-20,23-24,28,30,46-48,50-58,60-65H,3-4,9-10,15-16,21-22,25-27,29,31-45H2,1-2H3/b7-5-,8-6-,13-11-,14-12-,19-17-,20-18-,24-23-,30-28-. The van der Waals surface area contributed by atoms with E-state index >= 15 is 0 Å². The molecular formula is C57H94O14. The quantitative estimate of drug-likeness (QED) is 0.0174. The van der Waals surface area contributed by atoms with E-state index in [2.05, 4.69) is 111 Å². The van der Waals surface area contributed by atoms with Crippen molar-refractivity contribution in [1.82, 2.24) is 0 Å². The van der Waals surface area contributed by atoms with Crippen LogP contribution in [0.4, 0.5) is 0 Å². The van der Waals surface area contributed by atoms with E-state index in [1.54, 1.807) is 0 Å². The molecule has 0 saturated carbocycles. The van der Waals surface area contributed by atoms with Crippen LogP contribution < -0.4 is 0 Å². The Morgan fingerprint density at radius 1 is 0.465 bits per heavy atom. The largest absolute Gasteiger partial charge is 0.457 e. The second-order valence-electron chi connectivity index (χ2n) is 18.3. The summed E-state index contributed by atoms with van der Waals surface area (Å²) >= 11 is 0. The minimum atomic E-state index is -1.72. The highest BCUT2D eigenvalue weighted by Gasteiger charge is 2.47. The molecule has 0 aromatic rings. The molecule has 14 heteroatoms. The van der Waals surface area contributed by atoms with E-state index in [-0.39, 0.29) is 19.6 Å². The zero-order valence-electron chi connectivity index (χ0n) is 43.2. The number of aliphatic hydroxyl groups is 7. The van der Waals surface area contributed by atoms with Crippen molar-refractivity contribution < 1.29 is 69.0 Å². The molecule has 71 heavy (non-hydrogen) atoms. The van der Waals surface area contributed by atoms with Crippen LogP contribution in [-0.4, -0.2) is 142 Å². The average Bonchev–Trinajstić information content (AvgIpc) is 3.37. The average molecular weight is 1000 g/mol. The van der Waals surface area contributed by atoms with Gasteiger partial charge in [0.25, 0.3) is 0 Å². The highest BCUT2D eigenvalue weighted by atomic mass is 16.7. The molecule has 2 heterocycles. The molecule has 2 saturated heterocycles. The summed E-state index contributed by atoms with van der Waals surface area (Å²) in [6, 6.07) is 0. The van der Waals surface area contributed by atoms with Gasteiger partial charge >= 0.3 is 5.97 Å². The van der Waals surface area contributed by atoms with Gasteiger partial charge in [-0.15, -0.1) is 0 Å². The van der Waals surface area contributed by atoms with Crippen molar-refractivity contribution in [2.75, 3.05) is 33.0 Å². The first-order valence-corrected chi connectivity index (χ1v) is 26.8. The number of ether oxygens (including phenoxy) is 6. The molecule has 0 radical (unpaired) electrons. The van der Waals surface area contributed by atoms with Crippen LogP contribution in [0, 0.1) is 0 Å². The fraction of sp³-hybridized carbons (Fsp3) is 0.702. The van der Waals surface area contributed by atoms with Crippen LogP contribution in [-0.2, 0) is 33.2 Å². The predicted octanol–water partition coefficient (Wildman–Crippen LogP) is 8.63. The van der Waals surface area contributed by atoms with Crippen LogP contribution in [0.25, 0.3) is 0 Å². The van der Waals surface area contributed by atoms with E-state index in [1.807, 2.05) is 0 Å². The minimum absolute atomic E-state index is 0.0362. The van der Waals surface area contributed by atoms with E-state index < -0.39 is 86.7 Å². The molecule has 0 aromatic carbocycles. The number of carbonyl (C=O) groups excluding carboxylic acids is 1. The first kappa shape index (κ1) is 64.0. The predicted molar refractivity (Wildman–Crippen MR) is 279 cm³/mol. The van der Waals surface area contributed by atoms with Gasteiger partial charge in [0.2, 0.25) is 0 Å². The number of carbonyl (C=O) groups is 1. The molecule has 7 N–H and O–H groups in total. The minimum Gasteiger partial charge on any atom is -0.457 e. The van der Waals surface area contributed by atoms with Gasteiger partial charge in [-0.2, -0.15) is 0 Å². The molecule has 14 nitrogen and oxygen atoms in total. The van der Waals surface area contributed by atoms with Gasteiger partial charge < -0.3 is 64.2 Å². The third kappa shape index (κ3) is 30.6. The lowest BCUT2D eigenvalue weighted by Crippen LogP contribution is -2.61. The van der Waals surface area contributed by atoms with Crippen LogP contribution >= 0.6 is 0 Å². The van der Waals surface area contributed by atoms with Crippen LogP contribution in [0.2, 0.25) is 0 Å². The zero-order chi connectivity index (χ0) is 51.6. The van der Waals surface area contributed by atoms with Crippen molar-refractivity contribution in [3.63, 3.8) is 0 Å². The third-order valence-electron chi connectivity index (χ3n) is 12.1. The van der Waals surface area contributed by atoms with Crippen LogP contribution in [0.3, 0.4) is 0 Å². The first-order chi connectivity index (χ1) is 34.6. The van der Waals surface area contributed by atoms with E-state index in [9.17, 15) is 40.5 Å². The first-order valence-electron chi connectivity index (χ1n) is 26.8. The van der Waals surface area contributed by atoms with Gasteiger partial charge in [-0.3, -0.25) is 4.79 Å².